The lowest BCUT2D eigenvalue weighted by Crippen LogP contribution is -1.98. The molecule has 2 aromatic heterocycles. The summed E-state index contributed by atoms with van der Waals surface area (Å²) >= 11 is 3.15. The fraction of sp³-hybridized carbons (Fsp3) is 0. The Morgan fingerprint density at radius 3 is 2.67 bits per heavy atom. The van der Waals surface area contributed by atoms with E-state index < -0.39 is 11.8 Å². The second-order valence-corrected chi connectivity index (χ2v) is 4.98. The molecule has 0 saturated heterocycles. The van der Waals surface area contributed by atoms with Crippen LogP contribution in [0.25, 0.3) is 17.1 Å². The molecule has 0 aliphatic rings. The molecule has 0 aliphatic carbocycles. The highest BCUT2D eigenvalue weighted by molar-refractivity contribution is 9.10. The fourth-order valence-electron chi connectivity index (χ4n) is 1.91. The van der Waals surface area contributed by atoms with Gasteiger partial charge in [0.25, 0.3) is 0 Å². The van der Waals surface area contributed by atoms with Gasteiger partial charge in [-0.05, 0) is 40.2 Å². The first-order valence-electron chi connectivity index (χ1n) is 5.90. The number of aromatic nitrogens is 2. The van der Waals surface area contributed by atoms with Crippen molar-refractivity contribution in [3.63, 3.8) is 0 Å². The first-order valence-corrected chi connectivity index (χ1v) is 6.69. The van der Waals surface area contributed by atoms with Gasteiger partial charge in [-0.15, -0.1) is 0 Å². The first-order chi connectivity index (χ1) is 10.1. The quantitative estimate of drug-likeness (QED) is 0.781. The molecule has 3 rings (SSSR count). The highest BCUT2D eigenvalue weighted by atomic mass is 79.9. The number of furan rings is 1. The third-order valence-electron chi connectivity index (χ3n) is 2.85. The maximum absolute atomic E-state index is 13.8. The number of aromatic carboxylic acids is 1. The number of hydrogen-bond donors (Lipinski definition) is 1. The van der Waals surface area contributed by atoms with Gasteiger partial charge >= 0.3 is 5.97 Å². The molecular weight excluding hydrogens is 343 g/mol. The maximum Gasteiger partial charge on any atom is 0.339 e. The van der Waals surface area contributed by atoms with Crippen molar-refractivity contribution in [2.45, 2.75) is 0 Å². The third kappa shape index (κ3) is 2.47. The van der Waals surface area contributed by atoms with Crippen LogP contribution >= 0.6 is 15.9 Å². The van der Waals surface area contributed by atoms with Crippen molar-refractivity contribution >= 4 is 21.9 Å². The van der Waals surface area contributed by atoms with Crippen LogP contribution in [0.5, 0.6) is 0 Å². The number of rotatable bonds is 3. The van der Waals surface area contributed by atoms with Crippen molar-refractivity contribution in [1.29, 1.82) is 0 Å². The van der Waals surface area contributed by atoms with Gasteiger partial charge in [0.05, 0.1) is 0 Å². The van der Waals surface area contributed by atoms with Crippen molar-refractivity contribution in [3.05, 3.63) is 58.6 Å². The normalized spacial score (nSPS) is 10.8. The zero-order chi connectivity index (χ0) is 15.0. The van der Waals surface area contributed by atoms with E-state index in [1.807, 2.05) is 0 Å². The van der Waals surface area contributed by atoms with Gasteiger partial charge in [0, 0.05) is 6.20 Å². The number of para-hydroxylation sites is 1. The predicted octanol–water partition coefficient (Wildman–Crippen LogP) is 3.73. The highest BCUT2D eigenvalue weighted by Crippen LogP contribution is 2.28. The largest absolute Gasteiger partial charge is 0.478 e. The van der Waals surface area contributed by atoms with Crippen LogP contribution in [0.4, 0.5) is 4.39 Å². The average Bonchev–Trinajstić information content (AvgIpc) is 3.05. The SMILES string of the molecule is O=C(O)c1cn(-c2ccccc2F)nc1-c1ccc(Br)o1. The summed E-state index contributed by atoms with van der Waals surface area (Å²) in [6.07, 6.45) is 1.26. The molecule has 0 bridgehead atoms. The van der Waals surface area contributed by atoms with Crippen molar-refractivity contribution in [3.8, 4) is 17.1 Å². The molecule has 7 heteroatoms. The minimum absolute atomic E-state index is 0.0693. The summed E-state index contributed by atoms with van der Waals surface area (Å²) in [4.78, 5) is 11.3. The van der Waals surface area contributed by atoms with E-state index >= 15 is 0 Å². The van der Waals surface area contributed by atoms with Gasteiger partial charge in [-0.25, -0.2) is 13.9 Å². The Labute approximate surface area is 126 Å². The van der Waals surface area contributed by atoms with Crippen molar-refractivity contribution in [2.75, 3.05) is 0 Å². The second-order valence-electron chi connectivity index (χ2n) is 4.20. The van der Waals surface area contributed by atoms with Crippen LogP contribution in [0.2, 0.25) is 0 Å². The number of nitrogens with zero attached hydrogens (tertiary/aromatic N) is 2. The van der Waals surface area contributed by atoms with Crippen LogP contribution in [-0.4, -0.2) is 20.9 Å². The monoisotopic (exact) mass is 350 g/mol. The summed E-state index contributed by atoms with van der Waals surface area (Å²) < 4.78 is 20.7. The van der Waals surface area contributed by atoms with E-state index in [0.717, 1.165) is 0 Å². The molecule has 0 radical (unpaired) electrons. The zero-order valence-electron chi connectivity index (χ0n) is 10.5. The number of hydrogen-bond acceptors (Lipinski definition) is 3. The Hall–Kier alpha value is -2.41. The molecule has 21 heavy (non-hydrogen) atoms. The first kappa shape index (κ1) is 13.6. The van der Waals surface area contributed by atoms with E-state index in [1.165, 1.54) is 23.0 Å². The van der Waals surface area contributed by atoms with Crippen LogP contribution < -0.4 is 0 Å². The summed E-state index contributed by atoms with van der Waals surface area (Å²) in [5, 5.41) is 13.4. The lowest BCUT2D eigenvalue weighted by atomic mass is 10.2. The van der Waals surface area contributed by atoms with Gasteiger partial charge in [0.2, 0.25) is 0 Å². The van der Waals surface area contributed by atoms with Gasteiger partial charge in [0.1, 0.15) is 22.8 Å². The lowest BCUT2D eigenvalue weighted by Gasteiger charge is -2.01. The van der Waals surface area contributed by atoms with Crippen LogP contribution in [0.15, 0.2) is 51.7 Å². The van der Waals surface area contributed by atoms with E-state index in [2.05, 4.69) is 21.0 Å². The number of carbonyl (C=O) groups is 1. The molecule has 0 aliphatic heterocycles. The Morgan fingerprint density at radius 2 is 2.05 bits per heavy atom. The molecule has 1 aromatic carbocycles. The highest BCUT2D eigenvalue weighted by Gasteiger charge is 2.21. The number of carboxylic acids is 1. The molecule has 1 N–H and O–H groups in total. The Morgan fingerprint density at radius 1 is 1.29 bits per heavy atom. The Kier molecular flexibility index (Phi) is 3.34. The Bertz CT molecular complexity index is 825. The van der Waals surface area contributed by atoms with Crippen LogP contribution in [0, 0.1) is 5.82 Å². The maximum atomic E-state index is 13.8. The average molecular weight is 351 g/mol. The fourth-order valence-corrected chi connectivity index (χ4v) is 2.22. The molecule has 106 valence electrons. The summed E-state index contributed by atoms with van der Waals surface area (Å²) in [5.41, 5.74) is 0.230. The van der Waals surface area contributed by atoms with Gasteiger partial charge in [-0.3, -0.25) is 0 Å². The topological polar surface area (TPSA) is 68.3 Å². The van der Waals surface area contributed by atoms with E-state index in [1.54, 1.807) is 24.3 Å². The van der Waals surface area contributed by atoms with Crippen LogP contribution in [0.1, 0.15) is 10.4 Å². The number of benzene rings is 1. The standard InChI is InChI=1S/C14H8BrFN2O3/c15-12-6-5-11(21-12)13-8(14(19)20)7-18(17-13)10-4-2-1-3-9(10)16/h1-7H,(H,19,20). The van der Waals surface area contributed by atoms with Crippen LogP contribution in [-0.2, 0) is 0 Å². The van der Waals surface area contributed by atoms with Crippen LogP contribution in [0.3, 0.4) is 0 Å². The Balaban J connectivity index is 2.18. The minimum atomic E-state index is -1.17. The molecule has 2 heterocycles. The van der Waals surface area contributed by atoms with E-state index in [9.17, 15) is 14.3 Å². The smallest absolute Gasteiger partial charge is 0.339 e. The number of halogens is 2. The molecule has 0 saturated carbocycles. The van der Waals surface area contributed by atoms with E-state index in [-0.39, 0.29) is 22.7 Å². The predicted molar refractivity (Wildman–Crippen MR) is 75.9 cm³/mol. The van der Waals surface area contributed by atoms with Crippen molar-refractivity contribution in [1.82, 2.24) is 9.78 Å². The minimum Gasteiger partial charge on any atom is -0.478 e. The lowest BCUT2D eigenvalue weighted by molar-refractivity contribution is 0.0697. The molecule has 0 amide bonds. The number of carboxylic acid groups (broad SMARTS) is 1. The summed E-state index contributed by atoms with van der Waals surface area (Å²) in [6.45, 7) is 0. The second kappa shape index (κ2) is 5.17. The molecule has 5 nitrogen and oxygen atoms in total. The van der Waals surface area contributed by atoms with Gasteiger partial charge < -0.3 is 9.52 Å². The molecule has 0 unspecified atom stereocenters. The molecule has 0 atom stereocenters. The summed E-state index contributed by atoms with van der Waals surface area (Å²) in [5.74, 6) is -1.38. The molecule has 0 spiro atoms. The van der Waals surface area contributed by atoms with Gasteiger partial charge in [0.15, 0.2) is 10.4 Å². The summed E-state index contributed by atoms with van der Waals surface area (Å²) in [6, 6.07) is 9.19. The summed E-state index contributed by atoms with van der Waals surface area (Å²) in [7, 11) is 0. The van der Waals surface area contributed by atoms with Crippen molar-refractivity contribution in [2.24, 2.45) is 0 Å². The van der Waals surface area contributed by atoms with E-state index in [0.29, 0.717) is 4.67 Å². The third-order valence-corrected chi connectivity index (χ3v) is 3.28. The van der Waals surface area contributed by atoms with Gasteiger partial charge in [-0.1, -0.05) is 12.1 Å². The zero-order valence-corrected chi connectivity index (χ0v) is 12.0. The molecular formula is C14H8BrFN2O3. The van der Waals surface area contributed by atoms with Crippen molar-refractivity contribution < 1.29 is 18.7 Å². The molecule has 0 fully saturated rings. The van der Waals surface area contributed by atoms with Gasteiger partial charge in [-0.2, -0.15) is 5.10 Å². The molecule has 3 aromatic rings. The van der Waals surface area contributed by atoms with E-state index in [4.69, 9.17) is 4.42 Å².